The zero-order valence-electron chi connectivity index (χ0n) is 9.02. The number of anilines is 1. The van der Waals surface area contributed by atoms with E-state index in [1.54, 1.807) is 0 Å². The molecule has 0 radical (unpaired) electrons. The van der Waals surface area contributed by atoms with Crippen molar-refractivity contribution >= 4 is 23.0 Å². The molecule has 0 unspecified atom stereocenters. The van der Waals surface area contributed by atoms with Crippen LogP contribution in [0.1, 0.15) is 19.8 Å². The van der Waals surface area contributed by atoms with Crippen molar-refractivity contribution in [3.8, 4) is 0 Å². The van der Waals surface area contributed by atoms with E-state index in [0.29, 0.717) is 10.8 Å². The smallest absolute Gasteiger partial charge is 0.170 e. The summed E-state index contributed by atoms with van der Waals surface area (Å²) in [6.07, 6.45) is 2.08. The van der Waals surface area contributed by atoms with Gasteiger partial charge in [-0.3, -0.25) is 0 Å². The van der Waals surface area contributed by atoms with E-state index in [4.69, 9.17) is 12.2 Å². The van der Waals surface area contributed by atoms with E-state index >= 15 is 0 Å². The van der Waals surface area contributed by atoms with Crippen molar-refractivity contribution in [2.75, 3.05) is 11.9 Å². The highest BCUT2D eigenvalue weighted by atomic mass is 32.1. The highest BCUT2D eigenvalue weighted by molar-refractivity contribution is 7.80. The number of rotatable bonds is 4. The largest absolute Gasteiger partial charge is 0.362 e. The normalized spacial score (nSPS) is 9.94. The molecule has 0 aliphatic carbocycles. The van der Waals surface area contributed by atoms with Crippen LogP contribution in [-0.4, -0.2) is 11.7 Å². The first kappa shape index (κ1) is 12.8. The predicted molar refractivity (Wildman–Crippen MR) is 65.5 cm³/mol. The van der Waals surface area contributed by atoms with Gasteiger partial charge in [0.15, 0.2) is 16.7 Å². The molecular weight excluding hydrogens is 230 g/mol. The van der Waals surface area contributed by atoms with Crippen LogP contribution in [0.5, 0.6) is 0 Å². The fourth-order valence-electron chi connectivity index (χ4n) is 1.13. The molecule has 1 aromatic carbocycles. The molecule has 0 saturated carbocycles. The number of halogens is 2. The third kappa shape index (κ3) is 4.10. The zero-order valence-corrected chi connectivity index (χ0v) is 9.83. The van der Waals surface area contributed by atoms with Crippen LogP contribution >= 0.6 is 12.2 Å². The van der Waals surface area contributed by atoms with E-state index in [-0.39, 0.29) is 0 Å². The van der Waals surface area contributed by atoms with Crippen LogP contribution in [0.4, 0.5) is 14.5 Å². The molecule has 0 aliphatic rings. The molecule has 0 amide bonds. The SMILES string of the molecule is CCCCNC(=S)Nc1ccc(F)c(F)c1. The Hall–Kier alpha value is -1.23. The van der Waals surface area contributed by atoms with E-state index in [1.807, 2.05) is 0 Å². The second-order valence-corrected chi connectivity index (χ2v) is 3.77. The lowest BCUT2D eigenvalue weighted by molar-refractivity contribution is 0.509. The molecule has 0 fully saturated rings. The maximum absolute atomic E-state index is 12.9. The number of nitrogens with one attached hydrogen (secondary N) is 2. The van der Waals surface area contributed by atoms with Crippen molar-refractivity contribution < 1.29 is 8.78 Å². The van der Waals surface area contributed by atoms with Crippen LogP contribution in [0.15, 0.2) is 18.2 Å². The summed E-state index contributed by atoms with van der Waals surface area (Å²) in [4.78, 5) is 0. The maximum atomic E-state index is 12.9. The molecule has 0 heterocycles. The first-order chi connectivity index (χ1) is 7.63. The van der Waals surface area contributed by atoms with Crippen LogP contribution in [0, 0.1) is 11.6 Å². The lowest BCUT2D eigenvalue weighted by Gasteiger charge is -2.10. The summed E-state index contributed by atoms with van der Waals surface area (Å²) in [6.45, 7) is 2.85. The van der Waals surface area contributed by atoms with Gasteiger partial charge in [0, 0.05) is 18.3 Å². The Morgan fingerprint density at radius 1 is 1.31 bits per heavy atom. The molecule has 0 spiro atoms. The number of unbranched alkanes of at least 4 members (excludes halogenated alkanes) is 1. The number of hydrogen-bond acceptors (Lipinski definition) is 1. The Bertz CT molecular complexity index is 369. The van der Waals surface area contributed by atoms with Gasteiger partial charge in [0.1, 0.15) is 0 Å². The Labute approximate surface area is 99.0 Å². The summed E-state index contributed by atoms with van der Waals surface area (Å²) >= 11 is 4.99. The van der Waals surface area contributed by atoms with Crippen LogP contribution < -0.4 is 10.6 Å². The average Bonchev–Trinajstić information content (AvgIpc) is 2.24. The lowest BCUT2D eigenvalue weighted by atomic mass is 10.3. The van der Waals surface area contributed by atoms with Gasteiger partial charge in [-0.15, -0.1) is 0 Å². The summed E-state index contributed by atoms with van der Waals surface area (Å²) < 4.78 is 25.5. The van der Waals surface area contributed by atoms with Gasteiger partial charge >= 0.3 is 0 Å². The molecule has 88 valence electrons. The molecule has 0 aliphatic heterocycles. The summed E-state index contributed by atoms with van der Waals surface area (Å²) in [5.41, 5.74) is 0.438. The molecule has 2 nitrogen and oxygen atoms in total. The quantitative estimate of drug-likeness (QED) is 0.629. The molecule has 0 aromatic heterocycles. The van der Waals surface area contributed by atoms with E-state index in [2.05, 4.69) is 17.6 Å². The first-order valence-corrected chi connectivity index (χ1v) is 5.54. The number of hydrogen-bond donors (Lipinski definition) is 2. The van der Waals surface area contributed by atoms with Gasteiger partial charge in [-0.1, -0.05) is 13.3 Å². The zero-order chi connectivity index (χ0) is 12.0. The fraction of sp³-hybridized carbons (Fsp3) is 0.364. The molecule has 2 N–H and O–H groups in total. The van der Waals surface area contributed by atoms with Gasteiger partial charge in [-0.25, -0.2) is 8.78 Å². The average molecular weight is 244 g/mol. The van der Waals surface area contributed by atoms with E-state index < -0.39 is 11.6 Å². The molecule has 0 atom stereocenters. The maximum Gasteiger partial charge on any atom is 0.170 e. The molecule has 1 rings (SSSR count). The third-order valence-electron chi connectivity index (χ3n) is 1.99. The van der Waals surface area contributed by atoms with Crippen LogP contribution in [0.2, 0.25) is 0 Å². The first-order valence-electron chi connectivity index (χ1n) is 5.13. The van der Waals surface area contributed by atoms with Gasteiger partial charge in [0.05, 0.1) is 0 Å². The third-order valence-corrected chi connectivity index (χ3v) is 2.24. The van der Waals surface area contributed by atoms with Crippen LogP contribution in [0.25, 0.3) is 0 Å². The van der Waals surface area contributed by atoms with Gasteiger partial charge < -0.3 is 10.6 Å². The van der Waals surface area contributed by atoms with Gasteiger partial charge in [-0.2, -0.15) is 0 Å². The monoisotopic (exact) mass is 244 g/mol. The van der Waals surface area contributed by atoms with Crippen molar-refractivity contribution in [3.63, 3.8) is 0 Å². The highest BCUT2D eigenvalue weighted by Gasteiger charge is 2.03. The molecule has 1 aromatic rings. The topological polar surface area (TPSA) is 24.1 Å². The second-order valence-electron chi connectivity index (χ2n) is 3.36. The minimum Gasteiger partial charge on any atom is -0.362 e. The van der Waals surface area contributed by atoms with Gasteiger partial charge in [-0.05, 0) is 30.8 Å². The van der Waals surface area contributed by atoms with E-state index in [1.165, 1.54) is 6.07 Å². The molecule has 5 heteroatoms. The highest BCUT2D eigenvalue weighted by Crippen LogP contribution is 2.12. The Morgan fingerprint density at radius 3 is 2.69 bits per heavy atom. The number of thiocarbonyl (C=S) groups is 1. The van der Waals surface area contributed by atoms with Crippen molar-refractivity contribution in [3.05, 3.63) is 29.8 Å². The predicted octanol–water partition coefficient (Wildman–Crippen LogP) is 3.05. The van der Waals surface area contributed by atoms with Crippen LogP contribution in [-0.2, 0) is 0 Å². The molecule has 0 saturated heterocycles. The Morgan fingerprint density at radius 2 is 2.06 bits per heavy atom. The fourth-order valence-corrected chi connectivity index (χ4v) is 1.35. The van der Waals surface area contributed by atoms with Gasteiger partial charge in [0.25, 0.3) is 0 Å². The summed E-state index contributed by atoms with van der Waals surface area (Å²) in [7, 11) is 0. The summed E-state index contributed by atoms with van der Waals surface area (Å²) in [6, 6.07) is 3.57. The Balaban J connectivity index is 2.46. The van der Waals surface area contributed by atoms with Crippen molar-refractivity contribution in [1.29, 1.82) is 0 Å². The van der Waals surface area contributed by atoms with Crippen LogP contribution in [0.3, 0.4) is 0 Å². The standard InChI is InChI=1S/C11H14F2N2S/c1-2-3-6-14-11(16)15-8-4-5-9(12)10(13)7-8/h4-5,7H,2-3,6H2,1H3,(H2,14,15,16). The second kappa shape index (κ2) is 6.37. The van der Waals surface area contributed by atoms with Crippen molar-refractivity contribution in [2.24, 2.45) is 0 Å². The molecule has 0 bridgehead atoms. The van der Waals surface area contributed by atoms with Crippen molar-refractivity contribution in [2.45, 2.75) is 19.8 Å². The van der Waals surface area contributed by atoms with Crippen molar-refractivity contribution in [1.82, 2.24) is 5.32 Å². The molecule has 16 heavy (non-hydrogen) atoms. The lowest BCUT2D eigenvalue weighted by Crippen LogP contribution is -2.29. The van der Waals surface area contributed by atoms with Gasteiger partial charge in [0.2, 0.25) is 0 Å². The van der Waals surface area contributed by atoms with E-state index in [0.717, 1.165) is 31.5 Å². The van der Waals surface area contributed by atoms with E-state index in [9.17, 15) is 8.78 Å². The Kier molecular flexibility index (Phi) is 5.11. The molecular formula is C11H14F2N2S. The summed E-state index contributed by atoms with van der Waals surface area (Å²) in [5, 5.41) is 6.17. The minimum absolute atomic E-state index is 0.416. The minimum atomic E-state index is -0.888. The summed E-state index contributed by atoms with van der Waals surface area (Å²) in [5.74, 6) is -1.75. The number of benzene rings is 1.